The van der Waals surface area contributed by atoms with Gasteiger partial charge in [0, 0.05) is 26.3 Å². The molecule has 1 unspecified atom stereocenters. The Morgan fingerprint density at radius 3 is 2.56 bits per heavy atom. The molecule has 3 N–H and O–H groups in total. The van der Waals surface area contributed by atoms with Crippen molar-refractivity contribution in [2.45, 2.75) is 19.0 Å². The Morgan fingerprint density at radius 1 is 1.44 bits per heavy atom. The molecule has 0 spiro atoms. The molecule has 0 saturated heterocycles. The number of rotatable bonds is 6. The zero-order chi connectivity index (χ0) is 13.5. The summed E-state index contributed by atoms with van der Waals surface area (Å²) >= 11 is 0. The zero-order valence-corrected chi connectivity index (χ0v) is 11.0. The zero-order valence-electron chi connectivity index (χ0n) is 11.0. The van der Waals surface area contributed by atoms with Gasteiger partial charge >= 0.3 is 0 Å². The van der Waals surface area contributed by atoms with Crippen LogP contribution in [0.15, 0.2) is 36.9 Å². The van der Waals surface area contributed by atoms with Gasteiger partial charge in [-0.2, -0.15) is 0 Å². The first-order valence-electron chi connectivity index (χ1n) is 5.95. The lowest BCUT2D eigenvalue weighted by atomic mass is 10.1. The third-order valence-corrected chi connectivity index (χ3v) is 2.68. The Balaban J connectivity index is 2.48. The van der Waals surface area contributed by atoms with E-state index in [0.29, 0.717) is 13.0 Å². The predicted octanol–water partition coefficient (Wildman–Crippen LogP) is 1.27. The van der Waals surface area contributed by atoms with Gasteiger partial charge in [0.1, 0.15) is 0 Å². The molecule has 0 radical (unpaired) electrons. The number of amides is 1. The minimum absolute atomic E-state index is 0.147. The fraction of sp³-hybridized carbons (Fsp3) is 0.357. The summed E-state index contributed by atoms with van der Waals surface area (Å²) < 4.78 is 0. The molecule has 1 atom stereocenters. The molecule has 0 aliphatic heterocycles. The molecule has 1 aromatic rings. The maximum Gasteiger partial charge on any atom is 0.237 e. The minimum atomic E-state index is -0.511. The van der Waals surface area contributed by atoms with Crippen LogP contribution in [0.2, 0.25) is 0 Å². The highest BCUT2D eigenvalue weighted by Gasteiger charge is 2.10. The van der Waals surface area contributed by atoms with Gasteiger partial charge in [0.15, 0.2) is 0 Å². The minimum Gasteiger partial charge on any atom is -0.378 e. The number of carbonyl (C=O) groups excluding carboxylic acids is 1. The monoisotopic (exact) mass is 247 g/mol. The van der Waals surface area contributed by atoms with Crippen molar-refractivity contribution in [1.82, 2.24) is 5.32 Å². The number of hydrogen-bond acceptors (Lipinski definition) is 3. The summed E-state index contributed by atoms with van der Waals surface area (Å²) in [6.07, 6.45) is 2.14. The van der Waals surface area contributed by atoms with Gasteiger partial charge in [0.25, 0.3) is 0 Å². The van der Waals surface area contributed by atoms with Crippen LogP contribution in [0, 0.1) is 0 Å². The molecule has 0 heterocycles. The Morgan fingerprint density at radius 2 is 2.06 bits per heavy atom. The number of nitrogens with two attached hydrogens (primary N) is 1. The molecule has 0 aliphatic carbocycles. The molecular weight excluding hydrogens is 226 g/mol. The first-order valence-corrected chi connectivity index (χ1v) is 5.95. The SMILES string of the molecule is C=CCC(N)C(=O)NCc1ccc(N(C)C)cc1. The largest absolute Gasteiger partial charge is 0.378 e. The summed E-state index contributed by atoms with van der Waals surface area (Å²) in [5.41, 5.74) is 7.85. The highest BCUT2D eigenvalue weighted by molar-refractivity contribution is 5.81. The smallest absolute Gasteiger partial charge is 0.237 e. The summed E-state index contributed by atoms with van der Waals surface area (Å²) in [5, 5.41) is 2.81. The van der Waals surface area contributed by atoms with Gasteiger partial charge in [-0.15, -0.1) is 6.58 Å². The van der Waals surface area contributed by atoms with Crippen LogP contribution < -0.4 is 16.0 Å². The predicted molar refractivity (Wildman–Crippen MR) is 75.4 cm³/mol. The van der Waals surface area contributed by atoms with Crippen LogP contribution in [0.3, 0.4) is 0 Å². The van der Waals surface area contributed by atoms with Crippen molar-refractivity contribution in [3.8, 4) is 0 Å². The summed E-state index contributed by atoms with van der Waals surface area (Å²) in [6, 6.07) is 7.52. The maximum absolute atomic E-state index is 11.6. The van der Waals surface area contributed by atoms with Crippen LogP contribution in [-0.2, 0) is 11.3 Å². The summed E-state index contributed by atoms with van der Waals surface area (Å²) in [4.78, 5) is 13.6. The van der Waals surface area contributed by atoms with Gasteiger partial charge in [-0.3, -0.25) is 4.79 Å². The summed E-state index contributed by atoms with van der Waals surface area (Å²) in [5.74, 6) is -0.147. The van der Waals surface area contributed by atoms with Crippen molar-refractivity contribution in [2.24, 2.45) is 5.73 Å². The van der Waals surface area contributed by atoms with Crippen molar-refractivity contribution in [3.05, 3.63) is 42.5 Å². The van der Waals surface area contributed by atoms with Crippen LogP contribution in [0.1, 0.15) is 12.0 Å². The van der Waals surface area contributed by atoms with Gasteiger partial charge in [0.05, 0.1) is 6.04 Å². The molecule has 0 bridgehead atoms. The van der Waals surface area contributed by atoms with E-state index >= 15 is 0 Å². The fourth-order valence-corrected chi connectivity index (χ4v) is 1.52. The first-order chi connectivity index (χ1) is 8.54. The topological polar surface area (TPSA) is 58.4 Å². The average molecular weight is 247 g/mol. The third kappa shape index (κ3) is 4.22. The van der Waals surface area contributed by atoms with E-state index in [0.717, 1.165) is 11.3 Å². The Bertz CT molecular complexity index is 398. The van der Waals surface area contributed by atoms with Crippen molar-refractivity contribution in [1.29, 1.82) is 0 Å². The van der Waals surface area contributed by atoms with Gasteiger partial charge < -0.3 is 16.0 Å². The van der Waals surface area contributed by atoms with E-state index < -0.39 is 6.04 Å². The third-order valence-electron chi connectivity index (χ3n) is 2.68. The molecule has 1 amide bonds. The van der Waals surface area contributed by atoms with Crippen LogP contribution in [0.5, 0.6) is 0 Å². The molecule has 0 saturated carbocycles. The number of carbonyl (C=O) groups is 1. The van der Waals surface area contributed by atoms with Crippen LogP contribution in [0.4, 0.5) is 5.69 Å². The first kappa shape index (κ1) is 14.3. The number of anilines is 1. The fourth-order valence-electron chi connectivity index (χ4n) is 1.52. The molecule has 0 aliphatic rings. The van der Waals surface area contributed by atoms with Crippen LogP contribution in [0.25, 0.3) is 0 Å². The van der Waals surface area contributed by atoms with E-state index in [1.165, 1.54) is 0 Å². The van der Waals surface area contributed by atoms with Gasteiger partial charge in [-0.1, -0.05) is 18.2 Å². The summed E-state index contributed by atoms with van der Waals surface area (Å²) in [7, 11) is 3.98. The molecule has 4 heteroatoms. The Hall–Kier alpha value is -1.81. The van der Waals surface area contributed by atoms with Gasteiger partial charge in [-0.25, -0.2) is 0 Å². The Labute approximate surface area is 108 Å². The standard InChI is InChI=1S/C14H21N3O/c1-4-5-13(15)14(18)16-10-11-6-8-12(9-7-11)17(2)3/h4,6-9,13H,1,5,10,15H2,2-3H3,(H,16,18). The van der Waals surface area contributed by atoms with Crippen molar-refractivity contribution in [3.63, 3.8) is 0 Å². The van der Waals surface area contributed by atoms with Gasteiger partial charge in [0.2, 0.25) is 5.91 Å². The molecular formula is C14H21N3O. The van der Waals surface area contributed by atoms with E-state index in [1.54, 1.807) is 6.08 Å². The van der Waals surface area contributed by atoms with Crippen molar-refractivity contribution < 1.29 is 4.79 Å². The lowest BCUT2D eigenvalue weighted by Crippen LogP contribution is -2.39. The number of benzene rings is 1. The number of hydrogen-bond donors (Lipinski definition) is 2. The van der Waals surface area contributed by atoms with E-state index in [4.69, 9.17) is 5.73 Å². The molecule has 0 aromatic heterocycles. The molecule has 4 nitrogen and oxygen atoms in total. The maximum atomic E-state index is 11.6. The van der Waals surface area contributed by atoms with Gasteiger partial charge in [-0.05, 0) is 24.1 Å². The quantitative estimate of drug-likeness (QED) is 0.744. The van der Waals surface area contributed by atoms with Crippen LogP contribution >= 0.6 is 0 Å². The van der Waals surface area contributed by atoms with E-state index in [2.05, 4.69) is 11.9 Å². The second-order valence-electron chi connectivity index (χ2n) is 4.41. The molecule has 1 aromatic carbocycles. The van der Waals surface area contributed by atoms with Crippen molar-refractivity contribution >= 4 is 11.6 Å². The average Bonchev–Trinajstić information content (AvgIpc) is 2.36. The highest BCUT2D eigenvalue weighted by Crippen LogP contribution is 2.11. The normalized spacial score (nSPS) is 11.7. The molecule has 98 valence electrons. The second kappa shape index (κ2) is 6.81. The lowest BCUT2D eigenvalue weighted by molar-refractivity contribution is -0.122. The molecule has 0 fully saturated rings. The van der Waals surface area contributed by atoms with Crippen molar-refractivity contribution in [2.75, 3.05) is 19.0 Å². The summed E-state index contributed by atoms with van der Waals surface area (Å²) in [6.45, 7) is 4.06. The number of nitrogens with one attached hydrogen (secondary N) is 1. The van der Waals surface area contributed by atoms with E-state index in [9.17, 15) is 4.79 Å². The van der Waals surface area contributed by atoms with Crippen LogP contribution in [-0.4, -0.2) is 26.0 Å². The number of nitrogens with zero attached hydrogens (tertiary/aromatic N) is 1. The lowest BCUT2D eigenvalue weighted by Gasteiger charge is -2.13. The highest BCUT2D eigenvalue weighted by atomic mass is 16.2. The van der Waals surface area contributed by atoms with E-state index in [1.807, 2.05) is 43.3 Å². The molecule has 18 heavy (non-hydrogen) atoms. The molecule has 1 rings (SSSR count). The Kier molecular flexibility index (Phi) is 5.39. The van der Waals surface area contributed by atoms with E-state index in [-0.39, 0.29) is 5.91 Å². The second-order valence-corrected chi connectivity index (χ2v) is 4.41.